The molecule has 0 amide bonds. The number of nitrogens with zero attached hydrogens (tertiary/aromatic N) is 1. The molecule has 0 aromatic heterocycles. The molecule has 4 fully saturated rings. The van der Waals surface area contributed by atoms with Gasteiger partial charge in [-0.2, -0.15) is 0 Å². The fourth-order valence-corrected chi connectivity index (χ4v) is 5.47. The lowest BCUT2D eigenvalue weighted by Gasteiger charge is -2.44. The van der Waals surface area contributed by atoms with Crippen LogP contribution < -0.4 is 0 Å². The minimum atomic E-state index is -3.27. The lowest BCUT2D eigenvalue weighted by molar-refractivity contribution is 0.00578. The van der Waals surface area contributed by atoms with Crippen LogP contribution in [0.25, 0.3) is 0 Å². The molecule has 4 saturated heterocycles. The highest BCUT2D eigenvalue weighted by Crippen LogP contribution is 2.44. The van der Waals surface area contributed by atoms with Gasteiger partial charge in [0.2, 0.25) is 10.0 Å². The second kappa shape index (κ2) is 3.96. The number of rotatable bonds is 1. The third-order valence-corrected chi connectivity index (χ3v) is 7.59. The molecule has 108 valence electrons. The summed E-state index contributed by atoms with van der Waals surface area (Å²) >= 11 is 0. The van der Waals surface area contributed by atoms with E-state index < -0.39 is 33.5 Å². The molecule has 0 aliphatic carbocycles. The molecule has 4 aliphatic heterocycles. The summed E-state index contributed by atoms with van der Waals surface area (Å²) in [6.07, 6.45) is 1.85. The number of sulfonamides is 1. The van der Waals surface area contributed by atoms with Crippen LogP contribution in [0, 0.1) is 5.92 Å². The smallest absolute Gasteiger partial charge is 0.402 e. The normalized spacial score (nSPS) is 42.5. The van der Waals surface area contributed by atoms with Gasteiger partial charge in [0.05, 0.1) is 11.2 Å². The molecule has 19 heavy (non-hydrogen) atoms. The van der Waals surface area contributed by atoms with Crippen molar-refractivity contribution in [3.63, 3.8) is 0 Å². The summed E-state index contributed by atoms with van der Waals surface area (Å²) in [6.45, 7) is 9.15. The average molecular weight is 287 g/mol. The fraction of sp³-hybridized carbons (Fsp3) is 1.00. The Bertz CT molecular complexity index is 466. The number of fused-ring (bicyclic) bond motifs is 3. The van der Waals surface area contributed by atoms with Crippen molar-refractivity contribution in [2.75, 3.05) is 13.1 Å². The second-order valence-corrected chi connectivity index (χ2v) is 8.96. The third-order valence-electron chi connectivity index (χ3n) is 5.21. The molecule has 0 aromatic rings. The Labute approximate surface area is 115 Å². The maximum absolute atomic E-state index is 12.5. The molecular formula is C12H22BNO4S. The Morgan fingerprint density at radius 3 is 1.95 bits per heavy atom. The van der Waals surface area contributed by atoms with Crippen molar-refractivity contribution in [1.82, 2.24) is 4.31 Å². The van der Waals surface area contributed by atoms with Crippen molar-refractivity contribution in [3.8, 4) is 0 Å². The van der Waals surface area contributed by atoms with Gasteiger partial charge < -0.3 is 9.31 Å². The molecule has 5 nitrogen and oxygen atoms in total. The van der Waals surface area contributed by atoms with Crippen LogP contribution >= 0.6 is 0 Å². The van der Waals surface area contributed by atoms with Crippen LogP contribution in [0.1, 0.15) is 40.5 Å². The van der Waals surface area contributed by atoms with Gasteiger partial charge in [-0.25, -0.2) is 12.7 Å². The maximum Gasteiger partial charge on any atom is 0.478 e. The van der Waals surface area contributed by atoms with Gasteiger partial charge in [-0.05, 0) is 46.5 Å². The Kier molecular flexibility index (Phi) is 2.89. The van der Waals surface area contributed by atoms with Crippen molar-refractivity contribution >= 4 is 17.1 Å². The highest BCUT2D eigenvalue weighted by Gasteiger charge is 2.61. The van der Waals surface area contributed by atoms with E-state index in [-0.39, 0.29) is 5.92 Å². The summed E-state index contributed by atoms with van der Waals surface area (Å²) in [7, 11) is -3.90. The zero-order valence-corrected chi connectivity index (χ0v) is 12.9. The van der Waals surface area contributed by atoms with E-state index in [4.69, 9.17) is 9.31 Å². The van der Waals surface area contributed by atoms with E-state index in [1.54, 1.807) is 4.31 Å². The molecule has 0 saturated carbocycles. The molecule has 0 aromatic carbocycles. The first kappa shape index (κ1) is 13.9. The largest absolute Gasteiger partial charge is 0.478 e. The van der Waals surface area contributed by atoms with Gasteiger partial charge >= 0.3 is 7.12 Å². The van der Waals surface area contributed by atoms with Crippen LogP contribution in [0.5, 0.6) is 0 Å². The van der Waals surface area contributed by atoms with E-state index in [9.17, 15) is 8.42 Å². The van der Waals surface area contributed by atoms with Gasteiger partial charge in [0.25, 0.3) is 0 Å². The van der Waals surface area contributed by atoms with E-state index in [1.165, 1.54) is 0 Å². The predicted molar refractivity (Wildman–Crippen MR) is 73.1 cm³/mol. The van der Waals surface area contributed by atoms with Crippen molar-refractivity contribution in [3.05, 3.63) is 0 Å². The Balaban J connectivity index is 1.92. The highest BCUT2D eigenvalue weighted by atomic mass is 32.2. The molecular weight excluding hydrogens is 265 g/mol. The molecule has 4 heterocycles. The lowest BCUT2D eigenvalue weighted by Crippen LogP contribution is -2.60. The summed E-state index contributed by atoms with van der Waals surface area (Å²) in [6, 6.07) is 0. The highest BCUT2D eigenvalue weighted by molar-refractivity contribution is 7.91. The molecule has 4 aliphatic rings. The average Bonchev–Trinajstić information content (AvgIpc) is 2.47. The van der Waals surface area contributed by atoms with E-state index in [1.807, 2.05) is 27.7 Å². The molecule has 0 radical (unpaired) electrons. The predicted octanol–water partition coefficient (Wildman–Crippen LogP) is 1.04. The van der Waals surface area contributed by atoms with Crippen LogP contribution in [0.4, 0.5) is 0 Å². The first-order valence-corrected chi connectivity index (χ1v) is 8.50. The maximum atomic E-state index is 12.5. The van der Waals surface area contributed by atoms with Crippen LogP contribution in [0.15, 0.2) is 0 Å². The van der Waals surface area contributed by atoms with Gasteiger partial charge in [0, 0.05) is 13.1 Å². The topological polar surface area (TPSA) is 55.8 Å². The van der Waals surface area contributed by atoms with Crippen LogP contribution in [0.2, 0.25) is 0 Å². The summed E-state index contributed by atoms with van der Waals surface area (Å²) in [5.41, 5.74) is -0.946. The third kappa shape index (κ3) is 1.89. The lowest BCUT2D eigenvalue weighted by atomic mass is 9.73. The van der Waals surface area contributed by atoms with E-state index in [0.29, 0.717) is 13.1 Å². The molecule has 0 N–H and O–H groups in total. The zero-order chi connectivity index (χ0) is 14.1. The molecule has 2 bridgehead atoms. The number of piperidine rings is 1. The van der Waals surface area contributed by atoms with Crippen LogP contribution in [-0.2, 0) is 19.3 Å². The molecule has 1 atom stereocenters. The van der Waals surface area contributed by atoms with Crippen molar-refractivity contribution in [2.45, 2.75) is 56.9 Å². The van der Waals surface area contributed by atoms with Crippen LogP contribution in [0.3, 0.4) is 0 Å². The first-order valence-electron chi connectivity index (χ1n) is 7.00. The molecule has 4 rings (SSSR count). The Morgan fingerprint density at radius 2 is 1.53 bits per heavy atom. The fourth-order valence-electron chi connectivity index (χ4n) is 3.26. The van der Waals surface area contributed by atoms with Gasteiger partial charge in [-0.3, -0.25) is 0 Å². The van der Waals surface area contributed by atoms with Crippen molar-refractivity contribution in [2.24, 2.45) is 5.92 Å². The van der Waals surface area contributed by atoms with Crippen LogP contribution in [-0.4, -0.2) is 49.3 Å². The second-order valence-electron chi connectivity index (χ2n) is 6.87. The zero-order valence-electron chi connectivity index (χ0n) is 12.0. The summed E-state index contributed by atoms with van der Waals surface area (Å²) < 4.78 is 38.6. The van der Waals surface area contributed by atoms with Crippen molar-refractivity contribution < 1.29 is 17.7 Å². The Morgan fingerprint density at radius 1 is 1.05 bits per heavy atom. The monoisotopic (exact) mass is 287 g/mol. The van der Waals surface area contributed by atoms with E-state index >= 15 is 0 Å². The van der Waals surface area contributed by atoms with Gasteiger partial charge in [0.15, 0.2) is 0 Å². The number of hydrogen-bond acceptors (Lipinski definition) is 4. The quantitative estimate of drug-likeness (QED) is 0.676. The first-order chi connectivity index (χ1) is 8.65. The standard InChI is InChI=1S/C12H22BNO4S/c1-11(2)12(3,4)18-13(17-11)10-9-5-7-14(8-6-9)19(10,15)16/h9-10H,5-8H2,1-4H3/t10-/m0/s1. The number of hydrogen-bond donors (Lipinski definition) is 0. The van der Waals surface area contributed by atoms with Crippen molar-refractivity contribution in [1.29, 1.82) is 0 Å². The van der Waals surface area contributed by atoms with E-state index in [2.05, 4.69) is 0 Å². The van der Waals surface area contributed by atoms with Gasteiger partial charge in [0.1, 0.15) is 5.15 Å². The van der Waals surface area contributed by atoms with E-state index in [0.717, 1.165) is 12.8 Å². The van der Waals surface area contributed by atoms with Gasteiger partial charge in [-0.1, -0.05) is 0 Å². The molecule has 7 heteroatoms. The SMILES string of the molecule is CC1(C)OB([C@@H]2C3CCN(CC3)S2(=O)=O)OC1(C)C. The Hall–Kier alpha value is -0.105. The summed E-state index contributed by atoms with van der Waals surface area (Å²) in [4.78, 5) is 0. The molecule has 0 spiro atoms. The minimum Gasteiger partial charge on any atom is -0.402 e. The summed E-state index contributed by atoms with van der Waals surface area (Å²) in [5, 5.41) is -0.531. The molecule has 0 unspecified atom stereocenters. The summed E-state index contributed by atoms with van der Waals surface area (Å²) in [5.74, 6) is 0.171. The van der Waals surface area contributed by atoms with Gasteiger partial charge in [-0.15, -0.1) is 0 Å². The minimum absolute atomic E-state index is 0.171.